The van der Waals surface area contributed by atoms with Crippen LogP contribution < -0.4 is 4.74 Å². The molecule has 2 aromatic carbocycles. The predicted octanol–water partition coefficient (Wildman–Crippen LogP) is 6.55. The van der Waals surface area contributed by atoms with Crippen LogP contribution in [-0.4, -0.2) is 18.7 Å². The highest BCUT2D eigenvalue weighted by Gasteiger charge is 2.16. The van der Waals surface area contributed by atoms with E-state index >= 15 is 0 Å². The molecule has 0 heterocycles. The molecule has 4 heteroatoms. The van der Waals surface area contributed by atoms with E-state index in [1.54, 1.807) is 13.0 Å². The minimum Gasteiger partial charge on any atom is -0.494 e. The van der Waals surface area contributed by atoms with Gasteiger partial charge in [0.1, 0.15) is 11.9 Å². The van der Waals surface area contributed by atoms with E-state index in [9.17, 15) is 4.79 Å². The Kier molecular flexibility index (Phi) is 9.78. The second-order valence-electron chi connectivity index (χ2n) is 7.26. The van der Waals surface area contributed by atoms with Crippen molar-refractivity contribution < 1.29 is 14.3 Å². The van der Waals surface area contributed by atoms with Crippen molar-refractivity contribution in [1.29, 1.82) is 5.26 Å². The molecule has 154 valence electrons. The lowest BCUT2D eigenvalue weighted by atomic mass is 9.99. The molecule has 1 atom stereocenters. The van der Waals surface area contributed by atoms with Crippen LogP contribution in [0.1, 0.15) is 69.2 Å². The molecular formula is C25H31NO3. The zero-order valence-electron chi connectivity index (χ0n) is 17.5. The van der Waals surface area contributed by atoms with Crippen LogP contribution in [0, 0.1) is 11.3 Å². The summed E-state index contributed by atoms with van der Waals surface area (Å²) in [5, 5.41) is 8.75. The minimum atomic E-state index is -0.432. The SMILES string of the molecule is CCCCCCCCOc1ccc(-c2ccccc2C(=O)OC(C)CC#N)cc1. The first kappa shape index (κ1) is 22.5. The fourth-order valence-corrected chi connectivity index (χ4v) is 3.13. The molecule has 2 aromatic rings. The van der Waals surface area contributed by atoms with Crippen LogP contribution in [0.3, 0.4) is 0 Å². The van der Waals surface area contributed by atoms with E-state index in [4.69, 9.17) is 14.7 Å². The van der Waals surface area contributed by atoms with Gasteiger partial charge in [-0.3, -0.25) is 0 Å². The molecule has 4 nitrogen and oxygen atoms in total. The Hall–Kier alpha value is -2.80. The van der Waals surface area contributed by atoms with Gasteiger partial charge in [0.2, 0.25) is 0 Å². The Bertz CT molecular complexity index is 792. The molecule has 2 rings (SSSR count). The fraction of sp³-hybridized carbons (Fsp3) is 0.440. The summed E-state index contributed by atoms with van der Waals surface area (Å²) >= 11 is 0. The molecule has 0 amide bonds. The van der Waals surface area contributed by atoms with Crippen LogP contribution in [-0.2, 0) is 4.74 Å². The van der Waals surface area contributed by atoms with Crippen molar-refractivity contribution in [3.05, 3.63) is 54.1 Å². The zero-order valence-corrected chi connectivity index (χ0v) is 17.5. The van der Waals surface area contributed by atoms with E-state index in [-0.39, 0.29) is 6.42 Å². The number of ether oxygens (including phenoxy) is 2. The fourth-order valence-electron chi connectivity index (χ4n) is 3.13. The van der Waals surface area contributed by atoms with Crippen molar-refractivity contribution in [2.75, 3.05) is 6.61 Å². The first-order chi connectivity index (χ1) is 14.2. The molecule has 0 radical (unpaired) electrons. The van der Waals surface area contributed by atoms with Gasteiger partial charge in [-0.1, -0.05) is 69.4 Å². The highest BCUT2D eigenvalue weighted by molar-refractivity contribution is 5.97. The number of esters is 1. The Labute approximate surface area is 174 Å². The van der Waals surface area contributed by atoms with E-state index in [2.05, 4.69) is 6.92 Å². The molecule has 0 aliphatic heterocycles. The highest BCUT2D eigenvalue weighted by Crippen LogP contribution is 2.27. The standard InChI is InChI=1S/C25H31NO3/c1-3-4-5-6-7-10-19-28-22-15-13-21(14-16-22)23-11-8-9-12-24(23)25(27)29-20(2)17-18-26/h8-9,11-16,20H,3-7,10,17,19H2,1-2H3. The van der Waals surface area contributed by atoms with Crippen molar-refractivity contribution in [3.63, 3.8) is 0 Å². The predicted molar refractivity (Wildman–Crippen MR) is 116 cm³/mol. The van der Waals surface area contributed by atoms with Gasteiger partial charge in [0, 0.05) is 0 Å². The molecule has 0 aromatic heterocycles. The number of rotatable bonds is 12. The van der Waals surface area contributed by atoms with E-state index in [1.807, 2.05) is 48.5 Å². The second kappa shape index (κ2) is 12.6. The summed E-state index contributed by atoms with van der Waals surface area (Å²) in [5.41, 5.74) is 2.24. The van der Waals surface area contributed by atoms with Crippen molar-refractivity contribution in [1.82, 2.24) is 0 Å². The normalized spacial score (nSPS) is 11.5. The number of unbranched alkanes of at least 4 members (excludes halogenated alkanes) is 5. The molecular weight excluding hydrogens is 362 g/mol. The van der Waals surface area contributed by atoms with Gasteiger partial charge in [-0.05, 0) is 42.7 Å². The maximum absolute atomic E-state index is 12.5. The molecule has 0 saturated heterocycles. The average Bonchev–Trinajstić information content (AvgIpc) is 2.73. The summed E-state index contributed by atoms with van der Waals surface area (Å²) < 4.78 is 11.2. The molecule has 0 fully saturated rings. The van der Waals surface area contributed by atoms with Crippen LogP contribution in [0.5, 0.6) is 5.75 Å². The topological polar surface area (TPSA) is 59.3 Å². The molecule has 0 aliphatic carbocycles. The van der Waals surface area contributed by atoms with Crippen molar-refractivity contribution in [3.8, 4) is 22.9 Å². The lowest BCUT2D eigenvalue weighted by molar-refractivity contribution is 0.0352. The van der Waals surface area contributed by atoms with Crippen molar-refractivity contribution >= 4 is 5.97 Å². The monoisotopic (exact) mass is 393 g/mol. The Morgan fingerprint density at radius 3 is 2.41 bits per heavy atom. The van der Waals surface area contributed by atoms with Gasteiger partial charge >= 0.3 is 5.97 Å². The van der Waals surface area contributed by atoms with Crippen LogP contribution >= 0.6 is 0 Å². The van der Waals surface area contributed by atoms with Crippen LogP contribution in [0.2, 0.25) is 0 Å². The van der Waals surface area contributed by atoms with E-state index in [1.165, 1.54) is 32.1 Å². The van der Waals surface area contributed by atoms with E-state index < -0.39 is 12.1 Å². The minimum absolute atomic E-state index is 0.179. The number of hydrogen-bond donors (Lipinski definition) is 0. The van der Waals surface area contributed by atoms with Crippen LogP contribution in [0.15, 0.2) is 48.5 Å². The number of nitriles is 1. The quantitative estimate of drug-likeness (QED) is 0.303. The average molecular weight is 394 g/mol. The lowest BCUT2D eigenvalue weighted by Crippen LogP contribution is -2.15. The molecule has 0 saturated carbocycles. The zero-order chi connectivity index (χ0) is 20.9. The van der Waals surface area contributed by atoms with Crippen LogP contribution in [0.4, 0.5) is 0 Å². The summed E-state index contributed by atoms with van der Waals surface area (Å²) in [6, 6.07) is 17.2. The third kappa shape index (κ3) is 7.62. The first-order valence-electron chi connectivity index (χ1n) is 10.6. The molecule has 0 bridgehead atoms. The van der Waals surface area contributed by atoms with Gasteiger partial charge in [0.05, 0.1) is 24.7 Å². The third-order valence-electron chi connectivity index (χ3n) is 4.77. The summed E-state index contributed by atoms with van der Waals surface area (Å²) in [7, 11) is 0. The second-order valence-corrected chi connectivity index (χ2v) is 7.26. The smallest absolute Gasteiger partial charge is 0.339 e. The van der Waals surface area contributed by atoms with Gasteiger partial charge < -0.3 is 9.47 Å². The number of hydrogen-bond acceptors (Lipinski definition) is 4. The van der Waals surface area contributed by atoms with Crippen molar-refractivity contribution in [2.45, 2.75) is 64.9 Å². The number of benzene rings is 2. The summed E-state index contributed by atoms with van der Waals surface area (Å²) in [5.74, 6) is 0.428. The molecule has 1 unspecified atom stereocenters. The van der Waals surface area contributed by atoms with E-state index in [0.717, 1.165) is 29.9 Å². The Morgan fingerprint density at radius 2 is 1.69 bits per heavy atom. The third-order valence-corrected chi connectivity index (χ3v) is 4.77. The van der Waals surface area contributed by atoms with Gasteiger partial charge in [0.15, 0.2) is 0 Å². The van der Waals surface area contributed by atoms with Gasteiger partial charge in [0.25, 0.3) is 0 Å². The van der Waals surface area contributed by atoms with Gasteiger partial charge in [-0.15, -0.1) is 0 Å². The van der Waals surface area contributed by atoms with Gasteiger partial charge in [-0.2, -0.15) is 5.26 Å². The Balaban J connectivity index is 1.94. The van der Waals surface area contributed by atoms with Crippen molar-refractivity contribution in [2.24, 2.45) is 0 Å². The number of carbonyl (C=O) groups is 1. The van der Waals surface area contributed by atoms with Gasteiger partial charge in [-0.25, -0.2) is 4.79 Å². The molecule has 0 aliphatic rings. The largest absolute Gasteiger partial charge is 0.494 e. The number of carbonyl (C=O) groups excluding carboxylic acids is 1. The first-order valence-corrected chi connectivity index (χ1v) is 10.6. The molecule has 29 heavy (non-hydrogen) atoms. The molecule has 0 spiro atoms. The number of nitrogens with zero attached hydrogens (tertiary/aromatic N) is 1. The lowest BCUT2D eigenvalue weighted by Gasteiger charge is -2.13. The Morgan fingerprint density at radius 1 is 1.00 bits per heavy atom. The molecule has 0 N–H and O–H groups in total. The maximum Gasteiger partial charge on any atom is 0.339 e. The van der Waals surface area contributed by atoms with Crippen LogP contribution in [0.25, 0.3) is 11.1 Å². The van der Waals surface area contributed by atoms with E-state index in [0.29, 0.717) is 5.56 Å². The summed E-state index contributed by atoms with van der Waals surface area (Å²) in [6.07, 6.45) is 7.19. The summed E-state index contributed by atoms with van der Waals surface area (Å²) in [6.45, 7) is 4.67. The summed E-state index contributed by atoms with van der Waals surface area (Å²) in [4.78, 5) is 12.5. The maximum atomic E-state index is 12.5. The highest BCUT2D eigenvalue weighted by atomic mass is 16.5.